The van der Waals surface area contributed by atoms with Crippen LogP contribution in [0.3, 0.4) is 0 Å². The molecule has 2 N–H and O–H groups in total. The lowest BCUT2D eigenvalue weighted by Crippen LogP contribution is -2.56. The van der Waals surface area contributed by atoms with Crippen LogP contribution in [0.25, 0.3) is 0 Å². The second-order valence-electron chi connectivity index (χ2n) is 12.9. The van der Waals surface area contributed by atoms with Crippen molar-refractivity contribution in [3.8, 4) is 0 Å². The van der Waals surface area contributed by atoms with Gasteiger partial charge in [0.05, 0.1) is 41.3 Å². The van der Waals surface area contributed by atoms with E-state index in [1.165, 1.54) is 16.9 Å². The van der Waals surface area contributed by atoms with Gasteiger partial charge < -0.3 is 34.4 Å². The van der Waals surface area contributed by atoms with Crippen LogP contribution < -0.4 is 10.2 Å². The highest BCUT2D eigenvalue weighted by molar-refractivity contribution is 6.34. The van der Waals surface area contributed by atoms with E-state index >= 15 is 0 Å². The van der Waals surface area contributed by atoms with Crippen molar-refractivity contribution >= 4 is 41.0 Å². The van der Waals surface area contributed by atoms with Crippen molar-refractivity contribution in [1.82, 2.24) is 10.2 Å². The predicted octanol–water partition coefficient (Wildman–Crippen LogP) is 4.39. The van der Waals surface area contributed by atoms with Gasteiger partial charge in [-0.1, -0.05) is 66.2 Å². The molecule has 268 valence electrons. The van der Waals surface area contributed by atoms with Crippen molar-refractivity contribution in [3.63, 3.8) is 0 Å². The van der Waals surface area contributed by atoms with Crippen LogP contribution in [0.5, 0.6) is 0 Å². The van der Waals surface area contributed by atoms with E-state index in [0.717, 1.165) is 0 Å². The van der Waals surface area contributed by atoms with Gasteiger partial charge in [-0.05, 0) is 49.8 Å². The first kappa shape index (κ1) is 37.2. The molecule has 50 heavy (non-hydrogen) atoms. The first-order valence-electron chi connectivity index (χ1n) is 17.1. The molecule has 1 spiro atoms. The van der Waals surface area contributed by atoms with Gasteiger partial charge in [0.2, 0.25) is 11.8 Å². The molecular weight excluding hydrogens is 662 g/mol. The standard InChI is InChI=1S/C38H46ClN3O8/c1-4-6-18-30(44)40-27(24-48-3)33(25-14-8-7-9-15-25)49-37(47)31-29-19-20-38(50-29)32(31)35(45)42(22-12-13-23-43)34(38)36(46)41(21-5-2)28-17-11-10-16-26(28)39/h4-5,7-11,14-17,27,29,31-34,43H,1-2,6,12-13,18-24H2,3H3,(H,40,44)/t27-,29-,31+,32+,33-,34-,38+/m1/s1. The zero-order chi connectivity index (χ0) is 35.8. The van der Waals surface area contributed by atoms with Crippen LogP contribution in [0.1, 0.15) is 50.2 Å². The maximum Gasteiger partial charge on any atom is 0.313 e. The number of amides is 3. The SMILES string of the molecule is C=CCCC(=O)N[C@H](COC)[C@H](OC(=O)[C@@H]1[C@H]2C(=O)N(CCCCO)[C@H](C(=O)N(CC=C)c3ccccc3Cl)[C@]23CC[C@H]1O3)c1ccccc1. The van der Waals surface area contributed by atoms with E-state index in [1.807, 2.05) is 18.2 Å². The van der Waals surface area contributed by atoms with Crippen molar-refractivity contribution in [2.24, 2.45) is 11.8 Å². The normalized spacial score (nSPS) is 24.7. The Morgan fingerprint density at radius 2 is 1.88 bits per heavy atom. The van der Waals surface area contributed by atoms with Crippen LogP contribution in [0.2, 0.25) is 5.02 Å². The predicted molar refractivity (Wildman–Crippen MR) is 188 cm³/mol. The lowest BCUT2D eigenvalue weighted by atomic mass is 9.70. The number of unbranched alkanes of at least 4 members (excludes halogenated alkanes) is 1. The van der Waals surface area contributed by atoms with Gasteiger partial charge in [-0.3, -0.25) is 19.2 Å². The fourth-order valence-electron chi connectivity index (χ4n) is 7.71. The number of anilines is 1. The van der Waals surface area contributed by atoms with Crippen LogP contribution in [0.15, 0.2) is 79.9 Å². The molecule has 3 saturated heterocycles. The quantitative estimate of drug-likeness (QED) is 0.132. The van der Waals surface area contributed by atoms with E-state index in [9.17, 15) is 24.3 Å². The number of fused-ring (bicyclic) bond motifs is 1. The lowest BCUT2D eigenvalue weighted by molar-refractivity contribution is -0.163. The summed E-state index contributed by atoms with van der Waals surface area (Å²) in [7, 11) is 1.50. The Balaban J connectivity index is 1.49. The average molecular weight is 708 g/mol. The summed E-state index contributed by atoms with van der Waals surface area (Å²) in [5.74, 6) is -3.63. The first-order valence-corrected chi connectivity index (χ1v) is 17.5. The number of ether oxygens (including phenoxy) is 3. The Bertz CT molecular complexity index is 1560. The van der Waals surface area contributed by atoms with Crippen LogP contribution >= 0.6 is 11.6 Å². The lowest BCUT2D eigenvalue weighted by Gasteiger charge is -2.37. The van der Waals surface area contributed by atoms with Gasteiger partial charge in [0.15, 0.2) is 0 Å². The van der Waals surface area contributed by atoms with Crippen molar-refractivity contribution in [2.45, 2.75) is 68.4 Å². The van der Waals surface area contributed by atoms with Crippen LogP contribution in [0, 0.1) is 11.8 Å². The number of carbonyl (C=O) groups is 4. The number of likely N-dealkylation sites (tertiary alicyclic amines) is 1. The molecule has 3 aliphatic rings. The summed E-state index contributed by atoms with van der Waals surface area (Å²) in [4.78, 5) is 59.5. The summed E-state index contributed by atoms with van der Waals surface area (Å²) >= 11 is 6.56. The Labute approximate surface area is 298 Å². The summed E-state index contributed by atoms with van der Waals surface area (Å²) in [5, 5.41) is 12.8. The molecule has 0 aromatic heterocycles. The minimum Gasteiger partial charge on any atom is -0.455 e. The fourth-order valence-corrected chi connectivity index (χ4v) is 7.95. The number of hydrogen-bond acceptors (Lipinski definition) is 8. The molecule has 7 atom stereocenters. The molecule has 2 aromatic carbocycles. The summed E-state index contributed by atoms with van der Waals surface area (Å²) < 4.78 is 18.4. The van der Waals surface area contributed by atoms with Crippen molar-refractivity contribution in [1.29, 1.82) is 0 Å². The van der Waals surface area contributed by atoms with E-state index in [0.29, 0.717) is 48.4 Å². The molecule has 3 aliphatic heterocycles. The molecule has 12 heteroatoms. The van der Waals surface area contributed by atoms with Gasteiger partial charge in [-0.15, -0.1) is 13.2 Å². The number of hydrogen-bond donors (Lipinski definition) is 2. The van der Waals surface area contributed by atoms with Gasteiger partial charge >= 0.3 is 5.97 Å². The maximum absolute atomic E-state index is 14.7. The number of halogens is 1. The molecule has 0 saturated carbocycles. The molecule has 0 radical (unpaired) electrons. The van der Waals surface area contributed by atoms with Crippen LogP contribution in [-0.2, 0) is 33.4 Å². The van der Waals surface area contributed by atoms with E-state index in [2.05, 4.69) is 18.5 Å². The highest BCUT2D eigenvalue weighted by Gasteiger charge is 2.75. The molecule has 0 unspecified atom stereocenters. The van der Waals surface area contributed by atoms with Crippen LogP contribution in [-0.4, -0.2) is 90.9 Å². The third-order valence-corrected chi connectivity index (χ3v) is 10.2. The monoisotopic (exact) mass is 707 g/mol. The van der Waals surface area contributed by atoms with Crippen LogP contribution in [0.4, 0.5) is 5.69 Å². The maximum atomic E-state index is 14.7. The minimum absolute atomic E-state index is 0.0555. The van der Waals surface area contributed by atoms with E-state index in [1.54, 1.807) is 48.6 Å². The Kier molecular flexibility index (Phi) is 12.5. The van der Waals surface area contributed by atoms with E-state index < -0.39 is 53.6 Å². The number of allylic oxidation sites excluding steroid dienone is 1. The number of rotatable bonds is 18. The largest absolute Gasteiger partial charge is 0.455 e. The summed E-state index contributed by atoms with van der Waals surface area (Å²) in [6.07, 6.45) is 4.04. The Morgan fingerprint density at radius 3 is 2.56 bits per heavy atom. The average Bonchev–Trinajstić information content (AvgIpc) is 3.76. The number of nitrogens with zero attached hydrogens (tertiary/aromatic N) is 2. The molecule has 11 nitrogen and oxygen atoms in total. The first-order chi connectivity index (χ1) is 24.2. The molecule has 5 rings (SSSR count). The molecule has 3 fully saturated rings. The van der Waals surface area contributed by atoms with E-state index in [-0.39, 0.29) is 44.5 Å². The van der Waals surface area contributed by atoms with Gasteiger partial charge in [0, 0.05) is 33.2 Å². The zero-order valence-electron chi connectivity index (χ0n) is 28.4. The molecule has 2 aromatic rings. The smallest absolute Gasteiger partial charge is 0.313 e. The van der Waals surface area contributed by atoms with E-state index in [4.69, 9.17) is 25.8 Å². The topological polar surface area (TPSA) is 135 Å². The van der Waals surface area contributed by atoms with Gasteiger partial charge in [-0.25, -0.2) is 0 Å². The molecule has 2 bridgehead atoms. The Hall–Kier alpha value is -4.03. The summed E-state index contributed by atoms with van der Waals surface area (Å²) in [6.45, 7) is 7.83. The number of benzene rings is 2. The summed E-state index contributed by atoms with van der Waals surface area (Å²) in [6, 6.07) is 14.2. The third kappa shape index (κ3) is 7.37. The highest BCUT2D eigenvalue weighted by atomic mass is 35.5. The number of carbonyl (C=O) groups excluding carboxylic acids is 4. The number of aliphatic hydroxyl groups excluding tert-OH is 1. The number of esters is 1. The van der Waals surface area contributed by atoms with Crippen molar-refractivity contribution in [3.05, 3.63) is 90.5 Å². The van der Waals surface area contributed by atoms with Crippen molar-refractivity contribution in [2.75, 3.05) is 38.3 Å². The number of nitrogens with one attached hydrogen (secondary N) is 1. The van der Waals surface area contributed by atoms with Crippen molar-refractivity contribution < 1.29 is 38.5 Å². The van der Waals surface area contributed by atoms with Gasteiger partial charge in [0.25, 0.3) is 5.91 Å². The van der Waals surface area contributed by atoms with Gasteiger partial charge in [0.1, 0.15) is 17.7 Å². The number of methoxy groups -OCH3 is 1. The molecule has 3 heterocycles. The third-order valence-electron chi connectivity index (χ3n) is 9.84. The Morgan fingerprint density at radius 1 is 1.14 bits per heavy atom. The summed E-state index contributed by atoms with van der Waals surface area (Å²) in [5.41, 5.74) is -0.174. The highest BCUT2D eigenvalue weighted by Crippen LogP contribution is 2.59. The fraction of sp³-hybridized carbons (Fsp3) is 0.474. The molecule has 3 amide bonds. The minimum atomic E-state index is -1.28. The molecular formula is C38H46ClN3O8. The number of para-hydroxylation sites is 1. The second kappa shape index (κ2) is 16.8. The number of aliphatic hydroxyl groups is 1. The molecule has 0 aliphatic carbocycles. The van der Waals surface area contributed by atoms with Gasteiger partial charge in [-0.2, -0.15) is 0 Å². The zero-order valence-corrected chi connectivity index (χ0v) is 29.1. The second-order valence-corrected chi connectivity index (χ2v) is 13.3.